The number of hydrogen-bond acceptors (Lipinski definition) is 5. The summed E-state index contributed by atoms with van der Waals surface area (Å²) >= 11 is 0. The zero-order valence-electron chi connectivity index (χ0n) is 15.7. The van der Waals surface area contributed by atoms with Gasteiger partial charge >= 0.3 is 0 Å². The van der Waals surface area contributed by atoms with Crippen LogP contribution in [0.2, 0.25) is 0 Å². The minimum atomic E-state index is 0. The van der Waals surface area contributed by atoms with Gasteiger partial charge in [-0.2, -0.15) is 0 Å². The topological polar surface area (TPSA) is 54.0 Å². The molecule has 2 heterocycles. The first kappa shape index (κ1) is 20.8. The summed E-state index contributed by atoms with van der Waals surface area (Å²) in [6.45, 7) is 6.90. The van der Waals surface area contributed by atoms with Crippen molar-refractivity contribution in [1.82, 2.24) is 15.1 Å². The van der Waals surface area contributed by atoms with Crippen molar-refractivity contribution >= 4 is 18.3 Å². The van der Waals surface area contributed by atoms with Crippen LogP contribution in [0.1, 0.15) is 23.2 Å². The van der Waals surface area contributed by atoms with Gasteiger partial charge in [0.05, 0.1) is 19.8 Å². The van der Waals surface area contributed by atoms with Gasteiger partial charge in [-0.25, -0.2) is 0 Å². The number of methoxy groups -OCH3 is 2. The lowest BCUT2D eigenvalue weighted by Gasteiger charge is -2.37. The second kappa shape index (κ2) is 10.00. The van der Waals surface area contributed by atoms with E-state index in [0.717, 1.165) is 51.7 Å². The van der Waals surface area contributed by atoms with Crippen molar-refractivity contribution in [1.29, 1.82) is 0 Å². The van der Waals surface area contributed by atoms with Crippen LogP contribution in [0.5, 0.6) is 11.5 Å². The molecule has 2 fully saturated rings. The molecule has 146 valence electrons. The van der Waals surface area contributed by atoms with Gasteiger partial charge in [-0.05, 0) is 44.0 Å². The van der Waals surface area contributed by atoms with E-state index in [-0.39, 0.29) is 18.3 Å². The number of ether oxygens (including phenoxy) is 2. The van der Waals surface area contributed by atoms with Crippen LogP contribution in [-0.4, -0.2) is 75.7 Å². The lowest BCUT2D eigenvalue weighted by atomic mass is 9.97. The SMILES string of the molecule is COc1ccc(C(=O)N2CCN(CC3CCNCC3)CC2)c(OC)c1.Cl. The van der Waals surface area contributed by atoms with Gasteiger partial charge in [0.25, 0.3) is 5.91 Å². The summed E-state index contributed by atoms with van der Waals surface area (Å²) in [6.07, 6.45) is 2.53. The molecule has 0 aliphatic carbocycles. The van der Waals surface area contributed by atoms with E-state index in [2.05, 4.69) is 10.2 Å². The van der Waals surface area contributed by atoms with Gasteiger partial charge in [0.2, 0.25) is 0 Å². The number of nitrogens with one attached hydrogen (secondary N) is 1. The Kier molecular flexibility index (Phi) is 8.00. The van der Waals surface area contributed by atoms with Crippen molar-refractivity contribution in [2.75, 3.05) is 60.0 Å². The highest BCUT2D eigenvalue weighted by molar-refractivity contribution is 5.97. The van der Waals surface area contributed by atoms with Gasteiger partial charge in [-0.3, -0.25) is 9.69 Å². The molecule has 0 unspecified atom stereocenters. The number of piperidine rings is 1. The molecule has 26 heavy (non-hydrogen) atoms. The summed E-state index contributed by atoms with van der Waals surface area (Å²) in [4.78, 5) is 17.3. The van der Waals surface area contributed by atoms with Crippen molar-refractivity contribution in [2.45, 2.75) is 12.8 Å². The van der Waals surface area contributed by atoms with E-state index in [1.54, 1.807) is 26.4 Å². The fourth-order valence-electron chi connectivity index (χ4n) is 3.71. The second-order valence-corrected chi connectivity index (χ2v) is 6.85. The van der Waals surface area contributed by atoms with Gasteiger partial charge in [0.15, 0.2) is 0 Å². The summed E-state index contributed by atoms with van der Waals surface area (Å²) in [5, 5.41) is 3.42. The third-order valence-corrected chi connectivity index (χ3v) is 5.27. The van der Waals surface area contributed by atoms with E-state index in [1.165, 1.54) is 12.8 Å². The van der Waals surface area contributed by atoms with E-state index < -0.39 is 0 Å². The van der Waals surface area contributed by atoms with Crippen molar-refractivity contribution in [3.8, 4) is 11.5 Å². The highest BCUT2D eigenvalue weighted by atomic mass is 35.5. The van der Waals surface area contributed by atoms with E-state index in [0.29, 0.717) is 17.1 Å². The number of halogens is 1. The first-order chi connectivity index (χ1) is 12.2. The normalized spacial score (nSPS) is 18.9. The predicted octanol–water partition coefficient (Wildman–Crippen LogP) is 1.88. The highest BCUT2D eigenvalue weighted by Gasteiger charge is 2.26. The molecular formula is C19H30ClN3O3. The number of carbonyl (C=O) groups is 1. The third-order valence-electron chi connectivity index (χ3n) is 5.27. The molecule has 7 heteroatoms. The number of hydrogen-bond donors (Lipinski definition) is 1. The molecule has 1 amide bonds. The molecule has 0 atom stereocenters. The lowest BCUT2D eigenvalue weighted by Crippen LogP contribution is -2.50. The Balaban J connectivity index is 0.00000243. The van der Waals surface area contributed by atoms with Crippen LogP contribution in [0.25, 0.3) is 0 Å². The molecule has 1 N–H and O–H groups in total. The Morgan fingerprint density at radius 3 is 2.42 bits per heavy atom. The smallest absolute Gasteiger partial charge is 0.257 e. The number of carbonyl (C=O) groups excluding carboxylic acids is 1. The van der Waals surface area contributed by atoms with Crippen LogP contribution < -0.4 is 14.8 Å². The Morgan fingerprint density at radius 1 is 1.12 bits per heavy atom. The maximum Gasteiger partial charge on any atom is 0.257 e. The molecular weight excluding hydrogens is 354 g/mol. The predicted molar refractivity (Wildman–Crippen MR) is 105 cm³/mol. The van der Waals surface area contributed by atoms with Crippen molar-refractivity contribution < 1.29 is 14.3 Å². The minimum absolute atomic E-state index is 0. The first-order valence-electron chi connectivity index (χ1n) is 9.15. The summed E-state index contributed by atoms with van der Waals surface area (Å²) in [6, 6.07) is 5.37. The van der Waals surface area contributed by atoms with Gasteiger partial charge in [-0.1, -0.05) is 0 Å². The third kappa shape index (κ3) is 5.02. The van der Waals surface area contributed by atoms with Gasteiger partial charge in [-0.15, -0.1) is 12.4 Å². The average molecular weight is 384 g/mol. The Bertz CT molecular complexity index is 585. The lowest BCUT2D eigenvalue weighted by molar-refractivity contribution is 0.0605. The van der Waals surface area contributed by atoms with Crippen LogP contribution in [0.4, 0.5) is 0 Å². The van der Waals surface area contributed by atoms with Crippen molar-refractivity contribution in [3.63, 3.8) is 0 Å². The summed E-state index contributed by atoms with van der Waals surface area (Å²) in [5.74, 6) is 2.10. The fourth-order valence-corrected chi connectivity index (χ4v) is 3.71. The Morgan fingerprint density at radius 2 is 1.81 bits per heavy atom. The van der Waals surface area contributed by atoms with E-state index in [4.69, 9.17) is 9.47 Å². The number of benzene rings is 1. The number of rotatable bonds is 5. The monoisotopic (exact) mass is 383 g/mol. The maximum atomic E-state index is 12.9. The van der Waals surface area contributed by atoms with Crippen LogP contribution in [0, 0.1) is 5.92 Å². The van der Waals surface area contributed by atoms with Gasteiger partial charge < -0.3 is 19.7 Å². The molecule has 0 spiro atoms. The fraction of sp³-hybridized carbons (Fsp3) is 0.632. The molecule has 2 aliphatic rings. The van der Waals surface area contributed by atoms with E-state index in [1.807, 2.05) is 11.0 Å². The molecule has 2 aliphatic heterocycles. The van der Waals surface area contributed by atoms with Crippen molar-refractivity contribution in [2.24, 2.45) is 5.92 Å². The molecule has 0 bridgehead atoms. The number of nitrogens with zero attached hydrogens (tertiary/aromatic N) is 2. The molecule has 2 saturated heterocycles. The standard InChI is InChI=1S/C19H29N3O3.ClH/c1-24-16-3-4-17(18(13-16)25-2)19(23)22-11-9-21(10-12-22)14-15-5-7-20-8-6-15;/h3-4,13,15,20H,5-12,14H2,1-2H3;1H. The molecule has 6 nitrogen and oxygen atoms in total. The van der Waals surface area contributed by atoms with Crippen LogP contribution >= 0.6 is 12.4 Å². The molecule has 0 saturated carbocycles. The molecule has 0 aromatic heterocycles. The Hall–Kier alpha value is -1.50. The van der Waals surface area contributed by atoms with Crippen LogP contribution in [-0.2, 0) is 0 Å². The molecule has 1 aromatic carbocycles. The van der Waals surface area contributed by atoms with Gasteiger partial charge in [0, 0.05) is 38.8 Å². The quantitative estimate of drug-likeness (QED) is 0.841. The summed E-state index contributed by atoms with van der Waals surface area (Å²) in [7, 11) is 3.19. The maximum absolute atomic E-state index is 12.9. The molecule has 3 rings (SSSR count). The van der Waals surface area contributed by atoms with E-state index >= 15 is 0 Å². The summed E-state index contributed by atoms with van der Waals surface area (Å²) < 4.78 is 10.6. The van der Waals surface area contributed by atoms with Gasteiger partial charge in [0.1, 0.15) is 11.5 Å². The average Bonchev–Trinajstić information content (AvgIpc) is 2.68. The zero-order chi connectivity index (χ0) is 17.6. The zero-order valence-corrected chi connectivity index (χ0v) is 16.5. The van der Waals surface area contributed by atoms with Crippen LogP contribution in [0.3, 0.4) is 0 Å². The minimum Gasteiger partial charge on any atom is -0.497 e. The molecule has 1 aromatic rings. The Labute approximate surface area is 162 Å². The second-order valence-electron chi connectivity index (χ2n) is 6.85. The number of amides is 1. The first-order valence-corrected chi connectivity index (χ1v) is 9.15. The van der Waals surface area contributed by atoms with Crippen molar-refractivity contribution in [3.05, 3.63) is 23.8 Å². The largest absolute Gasteiger partial charge is 0.497 e. The van der Waals surface area contributed by atoms with E-state index in [9.17, 15) is 4.79 Å². The molecule has 0 radical (unpaired) electrons. The highest BCUT2D eigenvalue weighted by Crippen LogP contribution is 2.26. The van der Waals surface area contributed by atoms with Crippen LogP contribution in [0.15, 0.2) is 18.2 Å². The number of piperazine rings is 1. The summed E-state index contributed by atoms with van der Waals surface area (Å²) in [5.41, 5.74) is 0.607.